The highest BCUT2D eigenvalue weighted by Crippen LogP contribution is 2.33. The third-order valence-corrected chi connectivity index (χ3v) is 10.5. The Bertz CT molecular complexity index is 2890. The molecular formula is C54H42ClFN4O4. The molecule has 10 heteroatoms. The van der Waals surface area contributed by atoms with Crippen molar-refractivity contribution in [2.24, 2.45) is 0 Å². The summed E-state index contributed by atoms with van der Waals surface area (Å²) in [5, 5.41) is 1.99. The molecule has 0 bridgehead atoms. The molecule has 0 saturated heterocycles. The van der Waals surface area contributed by atoms with Crippen LogP contribution < -0.4 is 9.47 Å². The first-order valence-corrected chi connectivity index (χ1v) is 20.9. The summed E-state index contributed by atoms with van der Waals surface area (Å²) in [4.78, 5) is 44.4. The molecule has 6 aromatic carbocycles. The van der Waals surface area contributed by atoms with E-state index in [0.29, 0.717) is 56.3 Å². The Morgan fingerprint density at radius 2 is 1.02 bits per heavy atom. The molecule has 0 N–H and O–H groups in total. The van der Waals surface area contributed by atoms with Gasteiger partial charge in [-0.1, -0.05) is 124 Å². The Morgan fingerprint density at radius 1 is 0.578 bits per heavy atom. The van der Waals surface area contributed by atoms with Crippen LogP contribution in [0, 0.1) is 30.5 Å². The Labute approximate surface area is 376 Å². The minimum absolute atomic E-state index is 0.00308. The number of benzene rings is 6. The fourth-order valence-electron chi connectivity index (χ4n) is 6.86. The van der Waals surface area contributed by atoms with Crippen molar-refractivity contribution in [3.05, 3.63) is 178 Å². The van der Waals surface area contributed by atoms with Crippen molar-refractivity contribution in [1.29, 1.82) is 0 Å². The molecule has 0 aliphatic rings. The van der Waals surface area contributed by atoms with Gasteiger partial charge in [0.25, 0.3) is 0 Å². The van der Waals surface area contributed by atoms with E-state index in [9.17, 15) is 14.0 Å². The maximum Gasteiger partial charge on any atom is 0.230 e. The van der Waals surface area contributed by atoms with E-state index < -0.39 is 11.6 Å². The molecule has 0 unspecified atom stereocenters. The third-order valence-electron chi connectivity index (χ3n) is 10.3. The normalized spacial score (nSPS) is 10.8. The molecule has 0 radical (unpaired) electrons. The summed E-state index contributed by atoms with van der Waals surface area (Å²) < 4.78 is 24.8. The molecule has 8 aromatic rings. The van der Waals surface area contributed by atoms with Crippen molar-refractivity contribution in [3.63, 3.8) is 0 Å². The maximum absolute atomic E-state index is 13.7. The molecule has 0 spiro atoms. The van der Waals surface area contributed by atoms with E-state index in [2.05, 4.69) is 71.6 Å². The van der Waals surface area contributed by atoms with Gasteiger partial charge in [0.15, 0.2) is 0 Å². The smallest absolute Gasteiger partial charge is 0.230 e. The maximum atomic E-state index is 13.7. The van der Waals surface area contributed by atoms with Gasteiger partial charge in [-0.15, -0.1) is 12.8 Å². The van der Waals surface area contributed by atoms with Crippen LogP contribution in [0.3, 0.4) is 0 Å². The summed E-state index contributed by atoms with van der Waals surface area (Å²) >= 11 is 6.08. The SMILES string of the molecule is C#CCOc1ccc2nc(C(=O)c3cccc(Cl)c3)nc(-c3ccc(C(C)C)cc3)c2c1.C#CCOc1ccc2nc(C(=O)c3cccc(F)c3)nc(-c3ccc(C(C)C)cc3)c2c1. The van der Waals surface area contributed by atoms with Crippen LogP contribution >= 0.6 is 11.6 Å². The molecule has 64 heavy (non-hydrogen) atoms. The summed E-state index contributed by atoms with van der Waals surface area (Å²) in [6.45, 7) is 8.84. The summed E-state index contributed by atoms with van der Waals surface area (Å²) in [5.41, 5.74) is 7.24. The fraction of sp³-hybridized carbons (Fsp3) is 0.148. The number of halogens is 2. The minimum atomic E-state index is -0.489. The van der Waals surface area contributed by atoms with Gasteiger partial charge in [-0.3, -0.25) is 9.59 Å². The first-order valence-electron chi connectivity index (χ1n) is 20.5. The van der Waals surface area contributed by atoms with Gasteiger partial charge in [-0.2, -0.15) is 0 Å². The second-order valence-corrected chi connectivity index (χ2v) is 15.8. The highest BCUT2D eigenvalue weighted by molar-refractivity contribution is 6.31. The van der Waals surface area contributed by atoms with E-state index in [1.165, 1.54) is 29.3 Å². The molecule has 316 valence electrons. The zero-order chi connectivity index (χ0) is 45.3. The molecule has 0 aliphatic heterocycles. The third kappa shape index (κ3) is 10.3. The van der Waals surface area contributed by atoms with Crippen LogP contribution in [0.5, 0.6) is 11.5 Å². The number of ketones is 2. The lowest BCUT2D eigenvalue weighted by atomic mass is 9.99. The van der Waals surface area contributed by atoms with Crippen LogP contribution in [-0.4, -0.2) is 44.7 Å². The number of nitrogens with zero attached hydrogens (tertiary/aromatic N) is 4. The van der Waals surface area contributed by atoms with Gasteiger partial charge in [-0.25, -0.2) is 24.3 Å². The monoisotopic (exact) mass is 864 g/mol. The predicted octanol–water partition coefficient (Wildman–Crippen LogP) is 12.1. The number of hydrogen-bond donors (Lipinski definition) is 0. The predicted molar refractivity (Wildman–Crippen MR) is 251 cm³/mol. The number of carbonyl (C=O) groups is 2. The van der Waals surface area contributed by atoms with Crippen molar-refractivity contribution >= 4 is 45.0 Å². The van der Waals surface area contributed by atoms with E-state index in [-0.39, 0.29) is 36.2 Å². The van der Waals surface area contributed by atoms with Gasteiger partial charge in [-0.05, 0) is 83.6 Å². The van der Waals surface area contributed by atoms with Gasteiger partial charge in [0.2, 0.25) is 23.2 Å². The van der Waals surface area contributed by atoms with Crippen LogP contribution in [0.1, 0.15) is 83.0 Å². The molecular weight excluding hydrogens is 823 g/mol. The van der Waals surface area contributed by atoms with E-state index in [1.54, 1.807) is 48.5 Å². The molecule has 2 aromatic heterocycles. The van der Waals surface area contributed by atoms with E-state index in [1.807, 2.05) is 54.6 Å². The first kappa shape index (κ1) is 44.3. The van der Waals surface area contributed by atoms with Gasteiger partial charge in [0.1, 0.15) is 30.5 Å². The van der Waals surface area contributed by atoms with Crippen molar-refractivity contribution in [1.82, 2.24) is 19.9 Å². The van der Waals surface area contributed by atoms with Crippen molar-refractivity contribution in [2.75, 3.05) is 13.2 Å². The van der Waals surface area contributed by atoms with Crippen LogP contribution in [-0.2, 0) is 0 Å². The number of ether oxygens (including phenoxy) is 2. The number of fused-ring (bicyclic) bond motifs is 2. The quantitative estimate of drug-likeness (QED) is 0.0883. The second kappa shape index (κ2) is 20.0. The van der Waals surface area contributed by atoms with Crippen molar-refractivity contribution in [2.45, 2.75) is 39.5 Å². The van der Waals surface area contributed by atoms with Crippen LogP contribution in [0.2, 0.25) is 5.02 Å². The van der Waals surface area contributed by atoms with Gasteiger partial charge in [0.05, 0.1) is 22.4 Å². The summed E-state index contributed by atoms with van der Waals surface area (Å²) in [6, 6.07) is 39.3. The molecule has 0 saturated carbocycles. The molecule has 8 nitrogen and oxygen atoms in total. The summed E-state index contributed by atoms with van der Waals surface area (Å²) in [5.74, 6) is 5.81. The molecule has 0 amide bonds. The largest absolute Gasteiger partial charge is 0.481 e. The zero-order valence-electron chi connectivity index (χ0n) is 35.6. The number of aromatic nitrogens is 4. The van der Waals surface area contributed by atoms with Gasteiger partial charge in [0, 0.05) is 38.0 Å². The number of hydrogen-bond acceptors (Lipinski definition) is 8. The van der Waals surface area contributed by atoms with Gasteiger partial charge < -0.3 is 9.47 Å². The zero-order valence-corrected chi connectivity index (χ0v) is 36.4. The lowest BCUT2D eigenvalue weighted by molar-refractivity contribution is 0.102. The van der Waals surface area contributed by atoms with Gasteiger partial charge >= 0.3 is 0 Å². The van der Waals surface area contributed by atoms with Crippen LogP contribution in [0.25, 0.3) is 44.3 Å². The molecule has 0 fully saturated rings. The molecule has 0 aliphatic carbocycles. The summed E-state index contributed by atoms with van der Waals surface area (Å²) in [7, 11) is 0. The second-order valence-electron chi connectivity index (χ2n) is 15.4. The highest BCUT2D eigenvalue weighted by atomic mass is 35.5. The number of carbonyl (C=O) groups excluding carboxylic acids is 2. The van der Waals surface area contributed by atoms with Crippen molar-refractivity contribution < 1.29 is 23.5 Å². The first-order chi connectivity index (χ1) is 30.9. The van der Waals surface area contributed by atoms with Crippen LogP contribution in [0.4, 0.5) is 4.39 Å². The topological polar surface area (TPSA) is 104 Å². The Kier molecular flexibility index (Phi) is 13.8. The van der Waals surface area contributed by atoms with E-state index in [0.717, 1.165) is 21.9 Å². The van der Waals surface area contributed by atoms with E-state index in [4.69, 9.17) is 33.9 Å². The molecule has 0 atom stereocenters. The minimum Gasteiger partial charge on any atom is -0.481 e. The Hall–Kier alpha value is -7.72. The average Bonchev–Trinajstić information content (AvgIpc) is 3.31. The van der Waals surface area contributed by atoms with Crippen molar-refractivity contribution in [3.8, 4) is 58.7 Å². The average molecular weight is 865 g/mol. The van der Waals surface area contributed by atoms with Crippen LogP contribution in [0.15, 0.2) is 133 Å². The molecule has 2 heterocycles. The number of terminal acetylenes is 2. The Balaban J connectivity index is 0.000000191. The lowest BCUT2D eigenvalue weighted by Crippen LogP contribution is -2.09. The highest BCUT2D eigenvalue weighted by Gasteiger charge is 2.20. The van der Waals surface area contributed by atoms with E-state index >= 15 is 0 Å². The lowest BCUT2D eigenvalue weighted by Gasteiger charge is -2.12. The summed E-state index contributed by atoms with van der Waals surface area (Å²) in [6.07, 6.45) is 10.6. The Morgan fingerprint density at radius 3 is 1.42 bits per heavy atom. The molecule has 8 rings (SSSR count). The number of rotatable bonds is 12. The fourth-order valence-corrected chi connectivity index (χ4v) is 7.05. The standard InChI is InChI=1S/C27H21ClN2O2.C27H21FN2O2/c2*1-4-14-32-22-12-13-24-23(16-22)25(19-10-8-18(9-11-19)17(2)3)30-27(29-24)26(31)20-6-5-7-21(28)15-20/h2*1,5-13,15-17H,14H2,2-3H3.